The van der Waals surface area contributed by atoms with E-state index in [-0.39, 0.29) is 16.5 Å². The van der Waals surface area contributed by atoms with E-state index in [1.807, 2.05) is 11.8 Å². The molecule has 0 aromatic rings. The quantitative estimate of drug-likeness (QED) is 0.654. The Bertz CT molecular complexity index is 42.9. The molecule has 0 saturated heterocycles. The molecule has 0 fully saturated rings. The molecule has 0 atom stereocenters. The zero-order valence-electron chi connectivity index (χ0n) is 6.86. The summed E-state index contributed by atoms with van der Waals surface area (Å²) in [5.74, 6) is 2.52. The maximum Gasteiger partial charge on any atom is 0.281 e. The number of thioether (sulfide) groups is 1. The topological polar surface area (TPSA) is 51.2 Å². The molecule has 3 nitrogen and oxygen atoms in total. The molecule has 0 aliphatic carbocycles. The van der Waals surface area contributed by atoms with Crippen molar-refractivity contribution in [3.8, 4) is 0 Å². The molecule has 0 aliphatic rings. The summed E-state index contributed by atoms with van der Waals surface area (Å²) >= 11 is 1.96. The Labute approximate surface area is 88.6 Å². The van der Waals surface area contributed by atoms with Crippen LogP contribution in [0.2, 0.25) is 0 Å². The van der Waals surface area contributed by atoms with Gasteiger partial charge < -0.3 is 0 Å². The maximum absolute atomic E-state index is 7.50. The number of hydrogen-bond acceptors (Lipinski definition) is 4. The molecule has 0 heterocycles. The zero-order valence-corrected chi connectivity index (χ0v) is 8.67. The summed E-state index contributed by atoms with van der Waals surface area (Å²) in [7, 11) is 0. The minimum absolute atomic E-state index is 0. The smallest absolute Gasteiger partial charge is 0.281 e. The van der Waals surface area contributed by atoms with Gasteiger partial charge in [-0.3, -0.25) is 14.4 Å². The van der Waals surface area contributed by atoms with Crippen LogP contribution in [0.3, 0.4) is 0 Å². The molecule has 0 spiro atoms. The van der Waals surface area contributed by atoms with Crippen LogP contribution in [-0.2, 0) is 30.9 Å². The standard InChI is InChI=1S/C4H10S.3CO.Ni/c1-3-5-4-2;3*1-2;/h3-4H2,1-2H3;;;;. The van der Waals surface area contributed by atoms with Crippen molar-refractivity contribution in [1.82, 2.24) is 0 Å². The SMILES string of the molecule is CCSCC.[C]=O.[C]=O.[C]=O.[Ni]. The van der Waals surface area contributed by atoms with Gasteiger partial charge in [0.15, 0.2) is 0 Å². The Morgan fingerprint density at radius 2 is 1.00 bits per heavy atom. The normalized spacial score (nSPS) is 4.50. The van der Waals surface area contributed by atoms with Crippen LogP contribution < -0.4 is 0 Å². The van der Waals surface area contributed by atoms with Crippen LogP contribution in [0.15, 0.2) is 0 Å². The Morgan fingerprint density at radius 3 is 1.00 bits per heavy atom. The molecule has 0 bridgehead atoms. The van der Waals surface area contributed by atoms with Crippen LogP contribution in [-0.4, -0.2) is 31.9 Å². The van der Waals surface area contributed by atoms with Gasteiger partial charge in [-0.2, -0.15) is 11.8 Å². The second-order valence-corrected chi connectivity index (χ2v) is 2.34. The second-order valence-electron chi connectivity index (χ2n) is 0.781. The Hall–Kier alpha value is -0.146. The molecule has 0 N–H and O–H groups in total. The summed E-state index contributed by atoms with van der Waals surface area (Å²) in [6.45, 7) is 17.8. The average molecular weight is 233 g/mol. The Kier molecular flexibility index (Phi) is 321. The van der Waals surface area contributed by atoms with Crippen LogP contribution in [0, 0.1) is 0 Å². The van der Waals surface area contributed by atoms with Gasteiger partial charge in [0.05, 0.1) is 0 Å². The molecule has 72 valence electrons. The molecule has 6 radical (unpaired) electrons. The van der Waals surface area contributed by atoms with E-state index >= 15 is 0 Å². The molecular formula is C7H10NiO3S. The fraction of sp³-hybridized carbons (Fsp3) is 0.571. The van der Waals surface area contributed by atoms with E-state index in [0.29, 0.717) is 0 Å². The van der Waals surface area contributed by atoms with Crippen LogP contribution in [0.4, 0.5) is 0 Å². The van der Waals surface area contributed by atoms with Crippen molar-refractivity contribution in [2.75, 3.05) is 11.5 Å². The van der Waals surface area contributed by atoms with E-state index in [2.05, 4.69) is 34.2 Å². The van der Waals surface area contributed by atoms with Crippen molar-refractivity contribution < 1.29 is 30.9 Å². The first kappa shape index (κ1) is 29.7. The monoisotopic (exact) mass is 232 g/mol. The molecule has 0 rings (SSSR count). The first-order valence-corrected chi connectivity index (χ1v) is 3.76. The predicted octanol–water partition coefficient (Wildman–Crippen LogP) is 0.566. The van der Waals surface area contributed by atoms with Crippen LogP contribution in [0.25, 0.3) is 0 Å². The van der Waals surface area contributed by atoms with E-state index in [0.717, 1.165) is 0 Å². The van der Waals surface area contributed by atoms with Crippen LogP contribution in [0.1, 0.15) is 13.8 Å². The maximum atomic E-state index is 7.50. The number of hydrogen-bond donors (Lipinski definition) is 0. The van der Waals surface area contributed by atoms with Gasteiger partial charge in [-0.05, 0) is 11.5 Å². The number of rotatable bonds is 2. The van der Waals surface area contributed by atoms with Crippen molar-refractivity contribution in [3.63, 3.8) is 0 Å². The Morgan fingerprint density at radius 1 is 0.833 bits per heavy atom. The van der Waals surface area contributed by atoms with Gasteiger partial charge in [0.25, 0.3) is 20.4 Å². The molecule has 0 unspecified atom stereocenters. The van der Waals surface area contributed by atoms with Gasteiger partial charge in [-0.25, -0.2) is 0 Å². The largest absolute Gasteiger partial charge is 0.281 e. The van der Waals surface area contributed by atoms with Crippen molar-refractivity contribution in [1.29, 1.82) is 0 Å². The number of carbonyl (C=O) groups excluding carboxylic acids is 3. The molecule has 0 aromatic heterocycles. The third-order valence-electron chi connectivity index (χ3n) is 0.408. The van der Waals surface area contributed by atoms with Crippen molar-refractivity contribution >= 4 is 32.1 Å². The third kappa shape index (κ3) is 225. The predicted molar refractivity (Wildman–Crippen MR) is 45.8 cm³/mol. The first-order valence-electron chi connectivity index (χ1n) is 2.60. The van der Waals surface area contributed by atoms with Gasteiger partial charge in [-0.1, -0.05) is 13.8 Å². The van der Waals surface area contributed by atoms with Gasteiger partial charge in [0.1, 0.15) is 0 Å². The fourth-order valence-corrected chi connectivity index (χ4v) is 0.612. The molecule has 0 aromatic carbocycles. The fourth-order valence-electron chi connectivity index (χ4n) is 0.204. The third-order valence-corrected chi connectivity index (χ3v) is 1.22. The van der Waals surface area contributed by atoms with E-state index in [1.54, 1.807) is 0 Å². The summed E-state index contributed by atoms with van der Waals surface area (Å²) < 4.78 is 0. The van der Waals surface area contributed by atoms with Gasteiger partial charge in [0, 0.05) is 16.5 Å². The van der Waals surface area contributed by atoms with Crippen LogP contribution >= 0.6 is 11.8 Å². The van der Waals surface area contributed by atoms with Crippen molar-refractivity contribution in [2.24, 2.45) is 0 Å². The van der Waals surface area contributed by atoms with Gasteiger partial charge >= 0.3 is 0 Å². The van der Waals surface area contributed by atoms with Gasteiger partial charge in [-0.15, -0.1) is 0 Å². The second kappa shape index (κ2) is 129. The first-order chi connectivity index (χ1) is 5.41. The Balaban J connectivity index is -0.0000000203. The zero-order chi connectivity index (χ0) is 10.1. The summed E-state index contributed by atoms with van der Waals surface area (Å²) in [6, 6.07) is 0. The summed E-state index contributed by atoms with van der Waals surface area (Å²) in [4.78, 5) is 22.5. The summed E-state index contributed by atoms with van der Waals surface area (Å²) in [5, 5.41) is 0. The molecule has 0 saturated carbocycles. The minimum Gasteiger partial charge on any atom is -0.281 e. The summed E-state index contributed by atoms with van der Waals surface area (Å²) in [5.41, 5.74) is 0. The molecule has 0 aliphatic heterocycles. The van der Waals surface area contributed by atoms with Crippen molar-refractivity contribution in [3.05, 3.63) is 0 Å². The molecule has 5 heteroatoms. The van der Waals surface area contributed by atoms with E-state index in [9.17, 15) is 0 Å². The van der Waals surface area contributed by atoms with E-state index in [1.165, 1.54) is 11.5 Å². The van der Waals surface area contributed by atoms with E-state index < -0.39 is 0 Å². The van der Waals surface area contributed by atoms with E-state index in [4.69, 9.17) is 14.4 Å². The van der Waals surface area contributed by atoms with Gasteiger partial charge in [0.2, 0.25) is 0 Å². The van der Waals surface area contributed by atoms with Crippen LogP contribution in [0.5, 0.6) is 0 Å². The molecule has 12 heavy (non-hydrogen) atoms. The van der Waals surface area contributed by atoms with Crippen molar-refractivity contribution in [2.45, 2.75) is 13.8 Å². The molecular weight excluding hydrogens is 223 g/mol. The minimum atomic E-state index is 0. The molecule has 0 amide bonds. The summed E-state index contributed by atoms with van der Waals surface area (Å²) in [6.07, 6.45) is 0. The average Bonchev–Trinajstić information content (AvgIpc) is 2.16.